The van der Waals surface area contributed by atoms with Crippen molar-refractivity contribution in [2.24, 2.45) is 10.4 Å². The first-order valence-corrected chi connectivity index (χ1v) is 4.39. The highest BCUT2D eigenvalue weighted by Gasteiger charge is 2.30. The molecule has 0 atom stereocenters. The Morgan fingerprint density at radius 3 is 2.62 bits per heavy atom. The van der Waals surface area contributed by atoms with Crippen LogP contribution in [0.25, 0.3) is 0 Å². The second kappa shape index (κ2) is 3.57. The van der Waals surface area contributed by atoms with Crippen LogP contribution >= 0.6 is 0 Å². The lowest BCUT2D eigenvalue weighted by Crippen LogP contribution is -2.35. The fraction of sp³-hybridized carbons (Fsp3) is 0.455. The van der Waals surface area contributed by atoms with Crippen LogP contribution in [0.4, 0.5) is 0 Å². The van der Waals surface area contributed by atoms with E-state index in [0.717, 1.165) is 12.3 Å². The molecule has 1 aliphatic rings. The Hall–Kier alpha value is -1.36. The summed E-state index contributed by atoms with van der Waals surface area (Å²) in [5.41, 5.74) is 1.86. The van der Waals surface area contributed by atoms with Gasteiger partial charge in [0.05, 0.1) is 11.6 Å². The molecule has 0 radical (unpaired) electrons. The zero-order valence-electron chi connectivity index (χ0n) is 8.33. The predicted octanol–water partition coefficient (Wildman–Crippen LogP) is 2.49. The van der Waals surface area contributed by atoms with Gasteiger partial charge in [-0.05, 0) is 19.1 Å². The van der Waals surface area contributed by atoms with E-state index in [-0.39, 0.29) is 5.41 Å². The van der Waals surface area contributed by atoms with Gasteiger partial charge in [-0.15, -0.1) is 0 Å². The molecule has 0 N–H and O–H groups in total. The Kier molecular flexibility index (Phi) is 2.67. The van der Waals surface area contributed by atoms with E-state index in [1.165, 1.54) is 0 Å². The molecule has 2 heteroatoms. The standard InChI is InChI=1S/C11H14N2/c1-4-5-9(7-12)6-10-11(2,3)8-13-10/h4-6H,8H2,1-3H3/b5-4-,9-6+. The Morgan fingerprint density at radius 2 is 2.31 bits per heavy atom. The molecule has 2 nitrogen and oxygen atoms in total. The first-order valence-electron chi connectivity index (χ1n) is 4.39. The summed E-state index contributed by atoms with van der Waals surface area (Å²) >= 11 is 0. The maximum absolute atomic E-state index is 8.77. The number of aliphatic imine (C=N–C) groups is 1. The van der Waals surface area contributed by atoms with Crippen molar-refractivity contribution < 1.29 is 0 Å². The summed E-state index contributed by atoms with van der Waals surface area (Å²) in [5, 5.41) is 8.77. The minimum absolute atomic E-state index is 0.156. The average Bonchev–Trinajstić information content (AvgIpc) is 2.10. The first kappa shape index (κ1) is 9.73. The summed E-state index contributed by atoms with van der Waals surface area (Å²) in [5.74, 6) is 0. The van der Waals surface area contributed by atoms with Gasteiger partial charge < -0.3 is 0 Å². The van der Waals surface area contributed by atoms with E-state index in [0.29, 0.717) is 5.57 Å². The summed E-state index contributed by atoms with van der Waals surface area (Å²) in [6, 6.07) is 2.13. The molecule has 0 fully saturated rings. The Bertz CT molecular complexity index is 324. The normalized spacial score (nSPS) is 20.8. The molecular formula is C11H14N2. The van der Waals surface area contributed by atoms with Crippen LogP contribution in [0.2, 0.25) is 0 Å². The third kappa shape index (κ3) is 2.06. The Morgan fingerprint density at radius 1 is 1.62 bits per heavy atom. The molecule has 1 aliphatic heterocycles. The number of nitrogens with zero attached hydrogens (tertiary/aromatic N) is 2. The monoisotopic (exact) mass is 174 g/mol. The van der Waals surface area contributed by atoms with Crippen LogP contribution in [0.5, 0.6) is 0 Å². The largest absolute Gasteiger partial charge is 0.288 e. The third-order valence-corrected chi connectivity index (χ3v) is 2.11. The highest BCUT2D eigenvalue weighted by atomic mass is 14.9. The van der Waals surface area contributed by atoms with E-state index >= 15 is 0 Å². The second-order valence-electron chi connectivity index (χ2n) is 3.80. The topological polar surface area (TPSA) is 36.1 Å². The van der Waals surface area contributed by atoms with Crippen LogP contribution < -0.4 is 0 Å². The molecule has 1 rings (SSSR count). The van der Waals surface area contributed by atoms with Crippen molar-refractivity contribution in [2.75, 3.05) is 6.54 Å². The molecule has 1 heterocycles. The zero-order valence-corrected chi connectivity index (χ0v) is 8.33. The molecule has 0 aromatic heterocycles. The molecule has 68 valence electrons. The van der Waals surface area contributed by atoms with Crippen LogP contribution in [-0.2, 0) is 0 Å². The molecule has 0 spiro atoms. The molecule has 0 unspecified atom stereocenters. The average molecular weight is 174 g/mol. The molecule has 0 aliphatic carbocycles. The highest BCUT2D eigenvalue weighted by molar-refractivity contribution is 6.03. The lowest BCUT2D eigenvalue weighted by atomic mass is 9.81. The van der Waals surface area contributed by atoms with Gasteiger partial charge in [-0.1, -0.05) is 19.9 Å². The number of hydrogen-bond acceptors (Lipinski definition) is 2. The SMILES string of the molecule is C/C=C\C(C#N)=C/C1=NCC1(C)C. The van der Waals surface area contributed by atoms with E-state index < -0.39 is 0 Å². The van der Waals surface area contributed by atoms with Gasteiger partial charge in [-0.2, -0.15) is 5.26 Å². The Labute approximate surface area is 79.3 Å². The molecule has 0 aromatic rings. The van der Waals surface area contributed by atoms with Crippen molar-refractivity contribution in [1.29, 1.82) is 5.26 Å². The van der Waals surface area contributed by atoms with Crippen LogP contribution in [0, 0.1) is 16.7 Å². The van der Waals surface area contributed by atoms with Gasteiger partial charge in [-0.25, -0.2) is 0 Å². The lowest BCUT2D eigenvalue weighted by molar-refractivity contribution is 0.489. The van der Waals surface area contributed by atoms with Crippen molar-refractivity contribution in [1.82, 2.24) is 0 Å². The number of allylic oxidation sites excluding steroid dienone is 4. The number of rotatable bonds is 2. The van der Waals surface area contributed by atoms with Crippen molar-refractivity contribution in [3.8, 4) is 6.07 Å². The summed E-state index contributed by atoms with van der Waals surface area (Å²) < 4.78 is 0. The van der Waals surface area contributed by atoms with Crippen LogP contribution in [0.15, 0.2) is 28.8 Å². The highest BCUT2D eigenvalue weighted by Crippen LogP contribution is 2.28. The maximum Gasteiger partial charge on any atom is 0.0992 e. The Balaban J connectivity index is 2.83. The van der Waals surface area contributed by atoms with Gasteiger partial charge in [0, 0.05) is 17.7 Å². The second-order valence-corrected chi connectivity index (χ2v) is 3.80. The van der Waals surface area contributed by atoms with Gasteiger partial charge in [0.15, 0.2) is 0 Å². The lowest BCUT2D eigenvalue weighted by Gasteiger charge is -2.31. The summed E-state index contributed by atoms with van der Waals surface area (Å²) in [6.07, 6.45) is 5.53. The summed E-state index contributed by atoms with van der Waals surface area (Å²) in [4.78, 5) is 4.25. The minimum Gasteiger partial charge on any atom is -0.288 e. The van der Waals surface area contributed by atoms with E-state index in [2.05, 4.69) is 24.9 Å². The van der Waals surface area contributed by atoms with Crippen molar-refractivity contribution in [3.05, 3.63) is 23.8 Å². The maximum atomic E-state index is 8.77. The van der Waals surface area contributed by atoms with Gasteiger partial charge >= 0.3 is 0 Å². The number of nitriles is 1. The molecule has 0 aromatic carbocycles. The molecule has 13 heavy (non-hydrogen) atoms. The van der Waals surface area contributed by atoms with Crippen molar-refractivity contribution >= 4 is 5.71 Å². The van der Waals surface area contributed by atoms with Gasteiger partial charge in [0.25, 0.3) is 0 Å². The minimum atomic E-state index is 0.156. The van der Waals surface area contributed by atoms with Crippen molar-refractivity contribution in [3.63, 3.8) is 0 Å². The van der Waals surface area contributed by atoms with E-state index in [1.807, 2.05) is 19.1 Å². The summed E-state index contributed by atoms with van der Waals surface area (Å²) in [6.45, 7) is 7.04. The molecular weight excluding hydrogens is 160 g/mol. The summed E-state index contributed by atoms with van der Waals surface area (Å²) in [7, 11) is 0. The molecule has 0 saturated carbocycles. The number of hydrogen-bond donors (Lipinski definition) is 0. The van der Waals surface area contributed by atoms with E-state index in [1.54, 1.807) is 6.08 Å². The van der Waals surface area contributed by atoms with Gasteiger partial charge in [0.2, 0.25) is 0 Å². The van der Waals surface area contributed by atoms with Crippen LogP contribution in [0.1, 0.15) is 20.8 Å². The fourth-order valence-electron chi connectivity index (χ4n) is 1.17. The smallest absolute Gasteiger partial charge is 0.0992 e. The zero-order chi connectivity index (χ0) is 9.90. The van der Waals surface area contributed by atoms with Crippen LogP contribution in [0.3, 0.4) is 0 Å². The fourth-order valence-corrected chi connectivity index (χ4v) is 1.17. The molecule has 0 amide bonds. The molecule has 0 bridgehead atoms. The first-order chi connectivity index (χ1) is 6.10. The molecule has 0 saturated heterocycles. The van der Waals surface area contributed by atoms with Crippen molar-refractivity contribution in [2.45, 2.75) is 20.8 Å². The van der Waals surface area contributed by atoms with Gasteiger partial charge in [-0.3, -0.25) is 4.99 Å². The van der Waals surface area contributed by atoms with E-state index in [4.69, 9.17) is 5.26 Å². The quantitative estimate of drug-likeness (QED) is 0.468. The van der Waals surface area contributed by atoms with E-state index in [9.17, 15) is 0 Å². The van der Waals surface area contributed by atoms with Crippen LogP contribution in [-0.4, -0.2) is 12.3 Å². The van der Waals surface area contributed by atoms with Gasteiger partial charge in [0.1, 0.15) is 0 Å². The predicted molar refractivity (Wildman–Crippen MR) is 54.6 cm³/mol. The third-order valence-electron chi connectivity index (χ3n) is 2.11.